The first-order chi connectivity index (χ1) is 13.5. The van der Waals surface area contributed by atoms with Crippen molar-refractivity contribution in [1.82, 2.24) is 4.98 Å². The molecule has 3 aromatic rings. The van der Waals surface area contributed by atoms with Gasteiger partial charge in [0.2, 0.25) is 0 Å². The van der Waals surface area contributed by atoms with E-state index in [4.69, 9.17) is 11.6 Å². The Morgan fingerprint density at radius 2 is 1.46 bits per heavy atom. The zero-order valence-electron chi connectivity index (χ0n) is 14.5. The summed E-state index contributed by atoms with van der Waals surface area (Å²) in [7, 11) is 0. The minimum atomic E-state index is -0.560. The fourth-order valence-corrected chi connectivity index (χ4v) is 2.79. The van der Waals surface area contributed by atoms with Crippen LogP contribution in [-0.2, 0) is 9.59 Å². The molecule has 0 bridgehead atoms. The number of nitrogens with one attached hydrogen (secondary N) is 2. The van der Waals surface area contributed by atoms with Gasteiger partial charge in [0, 0.05) is 27.6 Å². The molecule has 0 aliphatic heterocycles. The summed E-state index contributed by atoms with van der Waals surface area (Å²) in [6.45, 7) is 0. The first-order valence-electron chi connectivity index (χ1n) is 8.28. The highest BCUT2D eigenvalue weighted by atomic mass is 79.9. The molecule has 0 saturated heterocycles. The zero-order valence-corrected chi connectivity index (χ0v) is 16.9. The number of hydrogen-bond acceptors (Lipinski definition) is 3. The van der Waals surface area contributed by atoms with Crippen LogP contribution < -0.4 is 10.6 Å². The van der Waals surface area contributed by atoms with E-state index in [1.54, 1.807) is 60.7 Å². The van der Waals surface area contributed by atoms with Gasteiger partial charge in [0.1, 0.15) is 10.7 Å². The number of carbonyl (C=O) groups excluding carboxylic acids is 2. The largest absolute Gasteiger partial charge is 0.322 e. The van der Waals surface area contributed by atoms with E-state index >= 15 is 0 Å². The number of anilines is 2. The molecule has 0 fully saturated rings. The van der Waals surface area contributed by atoms with Gasteiger partial charge in [-0.1, -0.05) is 51.8 Å². The second-order valence-electron chi connectivity index (χ2n) is 5.72. The molecule has 2 N–H and O–H groups in total. The molecule has 28 heavy (non-hydrogen) atoms. The van der Waals surface area contributed by atoms with E-state index in [2.05, 4.69) is 31.5 Å². The molecular formula is C21H15BrClN3O2. The number of para-hydroxylation sites is 1. The molecule has 3 rings (SSSR count). The summed E-state index contributed by atoms with van der Waals surface area (Å²) in [4.78, 5) is 29.6. The highest BCUT2D eigenvalue weighted by Gasteiger charge is 2.19. The van der Waals surface area contributed by atoms with E-state index < -0.39 is 11.8 Å². The summed E-state index contributed by atoms with van der Waals surface area (Å²) in [5, 5.41) is 5.64. The van der Waals surface area contributed by atoms with Crippen LogP contribution in [0.4, 0.5) is 11.4 Å². The zero-order chi connectivity index (χ0) is 19.9. The Morgan fingerprint density at radius 1 is 0.857 bits per heavy atom. The standard InChI is InChI=1S/C21H15BrClN3O2/c22-15-8-10-17(11-9-15)26-21(28)18(13-14-5-4-12-24-19(14)23)20(27)25-16-6-2-1-3-7-16/h1-13H,(H,25,27)(H,26,28). The summed E-state index contributed by atoms with van der Waals surface area (Å²) < 4.78 is 0.880. The third kappa shape index (κ3) is 5.28. The van der Waals surface area contributed by atoms with Crippen LogP contribution in [-0.4, -0.2) is 16.8 Å². The number of amides is 2. The van der Waals surface area contributed by atoms with Crippen molar-refractivity contribution in [2.75, 3.05) is 10.6 Å². The second-order valence-corrected chi connectivity index (χ2v) is 7.00. The number of benzene rings is 2. The Balaban J connectivity index is 1.91. The summed E-state index contributed by atoms with van der Waals surface area (Å²) in [6.07, 6.45) is 2.95. The van der Waals surface area contributed by atoms with E-state index in [-0.39, 0.29) is 10.7 Å². The lowest BCUT2D eigenvalue weighted by molar-refractivity contribution is -0.118. The Kier molecular flexibility index (Phi) is 6.57. The van der Waals surface area contributed by atoms with E-state index in [0.29, 0.717) is 16.9 Å². The molecule has 2 aromatic carbocycles. The van der Waals surface area contributed by atoms with Crippen LogP contribution in [0.25, 0.3) is 6.08 Å². The lowest BCUT2D eigenvalue weighted by atomic mass is 10.1. The molecule has 1 aromatic heterocycles. The molecule has 2 amide bonds. The monoisotopic (exact) mass is 455 g/mol. The highest BCUT2D eigenvalue weighted by molar-refractivity contribution is 9.10. The van der Waals surface area contributed by atoms with Crippen molar-refractivity contribution in [3.8, 4) is 0 Å². The van der Waals surface area contributed by atoms with Gasteiger partial charge in [0.05, 0.1) is 0 Å². The van der Waals surface area contributed by atoms with E-state index in [1.165, 1.54) is 12.3 Å². The van der Waals surface area contributed by atoms with Crippen LogP contribution in [0, 0.1) is 0 Å². The van der Waals surface area contributed by atoms with Gasteiger partial charge in [-0.2, -0.15) is 0 Å². The molecule has 1 heterocycles. The maximum Gasteiger partial charge on any atom is 0.261 e. The number of hydrogen-bond donors (Lipinski definition) is 2. The summed E-state index contributed by atoms with van der Waals surface area (Å²) in [5.74, 6) is -1.11. The number of aromatic nitrogens is 1. The predicted molar refractivity (Wildman–Crippen MR) is 115 cm³/mol. The van der Waals surface area contributed by atoms with Crippen LogP contribution >= 0.6 is 27.5 Å². The predicted octanol–water partition coefficient (Wildman–Crippen LogP) is 5.16. The van der Waals surface area contributed by atoms with Crippen LogP contribution in [0.3, 0.4) is 0 Å². The van der Waals surface area contributed by atoms with Crippen molar-refractivity contribution in [3.63, 3.8) is 0 Å². The fourth-order valence-electron chi connectivity index (χ4n) is 2.35. The second kappa shape index (κ2) is 9.30. The fraction of sp³-hybridized carbons (Fsp3) is 0. The van der Waals surface area contributed by atoms with Crippen LogP contribution in [0.15, 0.2) is 83.0 Å². The van der Waals surface area contributed by atoms with Crippen molar-refractivity contribution in [2.45, 2.75) is 0 Å². The SMILES string of the molecule is O=C(Nc1ccccc1)C(=Cc1cccnc1Cl)C(=O)Nc1ccc(Br)cc1. The van der Waals surface area contributed by atoms with Gasteiger partial charge in [0.15, 0.2) is 0 Å². The average molecular weight is 457 g/mol. The molecule has 7 heteroatoms. The lowest BCUT2D eigenvalue weighted by Crippen LogP contribution is -2.25. The Hall–Kier alpha value is -2.96. The molecule has 0 aliphatic carbocycles. The topological polar surface area (TPSA) is 71.1 Å². The van der Waals surface area contributed by atoms with Crippen molar-refractivity contribution in [1.29, 1.82) is 0 Å². The summed E-state index contributed by atoms with van der Waals surface area (Å²) in [6, 6.07) is 19.3. The van der Waals surface area contributed by atoms with Crippen molar-refractivity contribution < 1.29 is 9.59 Å². The maximum atomic E-state index is 12.8. The van der Waals surface area contributed by atoms with Crippen molar-refractivity contribution in [2.24, 2.45) is 0 Å². The molecule has 0 atom stereocenters. The number of pyridine rings is 1. The minimum Gasteiger partial charge on any atom is -0.322 e. The van der Waals surface area contributed by atoms with Gasteiger partial charge in [0.25, 0.3) is 11.8 Å². The first kappa shape index (κ1) is 19.8. The van der Waals surface area contributed by atoms with Gasteiger partial charge < -0.3 is 10.6 Å². The van der Waals surface area contributed by atoms with Crippen LogP contribution in [0.5, 0.6) is 0 Å². The van der Waals surface area contributed by atoms with Gasteiger partial charge >= 0.3 is 0 Å². The van der Waals surface area contributed by atoms with E-state index in [9.17, 15) is 9.59 Å². The first-order valence-corrected chi connectivity index (χ1v) is 9.45. The molecule has 0 radical (unpaired) electrons. The lowest BCUT2D eigenvalue weighted by Gasteiger charge is -2.11. The molecule has 0 spiro atoms. The van der Waals surface area contributed by atoms with E-state index in [1.807, 2.05) is 6.07 Å². The molecule has 5 nitrogen and oxygen atoms in total. The van der Waals surface area contributed by atoms with E-state index in [0.717, 1.165) is 4.47 Å². The van der Waals surface area contributed by atoms with Crippen molar-refractivity contribution >= 4 is 56.8 Å². The van der Waals surface area contributed by atoms with Crippen LogP contribution in [0.2, 0.25) is 5.15 Å². The number of halogens is 2. The maximum absolute atomic E-state index is 12.8. The highest BCUT2D eigenvalue weighted by Crippen LogP contribution is 2.19. The summed E-state index contributed by atoms with van der Waals surface area (Å²) in [5.41, 5.74) is 1.51. The number of carbonyl (C=O) groups is 2. The van der Waals surface area contributed by atoms with Gasteiger partial charge in [-0.15, -0.1) is 0 Å². The third-order valence-electron chi connectivity index (χ3n) is 3.71. The normalized spacial score (nSPS) is 11.0. The average Bonchev–Trinajstić information content (AvgIpc) is 2.69. The van der Waals surface area contributed by atoms with Crippen LogP contribution in [0.1, 0.15) is 5.56 Å². The number of nitrogens with zero attached hydrogens (tertiary/aromatic N) is 1. The summed E-state index contributed by atoms with van der Waals surface area (Å²) >= 11 is 9.43. The van der Waals surface area contributed by atoms with Gasteiger partial charge in [-0.25, -0.2) is 4.98 Å². The van der Waals surface area contributed by atoms with Gasteiger partial charge in [-0.3, -0.25) is 9.59 Å². The molecular weight excluding hydrogens is 442 g/mol. The smallest absolute Gasteiger partial charge is 0.261 e. The Morgan fingerprint density at radius 3 is 2.07 bits per heavy atom. The van der Waals surface area contributed by atoms with Gasteiger partial charge in [-0.05, 0) is 48.5 Å². The molecule has 0 saturated carbocycles. The Labute approximate surface area is 175 Å². The Bertz CT molecular complexity index is 1020. The molecule has 140 valence electrons. The minimum absolute atomic E-state index is 0.0957. The quantitative estimate of drug-likeness (QED) is 0.241. The third-order valence-corrected chi connectivity index (χ3v) is 4.56. The van der Waals surface area contributed by atoms with Crippen molar-refractivity contribution in [3.05, 3.63) is 93.7 Å². The molecule has 0 aliphatic rings. The molecule has 0 unspecified atom stereocenters. The number of rotatable bonds is 5.